The predicted molar refractivity (Wildman–Crippen MR) is 122 cm³/mol. The number of benzene rings is 2. The largest absolute Gasteiger partial charge is 0.497 e. The summed E-state index contributed by atoms with van der Waals surface area (Å²) in [5, 5.41) is 10.1. The van der Waals surface area contributed by atoms with E-state index in [9.17, 15) is 0 Å². The van der Waals surface area contributed by atoms with Crippen molar-refractivity contribution in [2.45, 2.75) is 12.1 Å². The van der Waals surface area contributed by atoms with Gasteiger partial charge in [-0.15, -0.1) is 11.3 Å². The van der Waals surface area contributed by atoms with Gasteiger partial charge in [-0.3, -0.25) is 0 Å². The molecule has 2 atom stereocenters. The average molecular weight is 445 g/mol. The molecule has 2 aliphatic rings. The topological polar surface area (TPSA) is 70.4 Å². The lowest BCUT2D eigenvalue weighted by Crippen LogP contribution is -2.32. The van der Waals surface area contributed by atoms with Gasteiger partial charge in [-0.25, -0.2) is 4.68 Å². The lowest BCUT2D eigenvalue weighted by Gasteiger charge is -2.38. The van der Waals surface area contributed by atoms with Gasteiger partial charge >= 0.3 is 0 Å². The Hall–Kier alpha value is -3.78. The number of thiophene rings is 1. The first-order valence-corrected chi connectivity index (χ1v) is 11.1. The van der Waals surface area contributed by atoms with Crippen LogP contribution >= 0.6 is 11.3 Å². The standard InChI is InChI=1S/C24H20N4O3S/c1-29-14-9-10-16(18(12-14)30-2)23-20-21(15-6-3-4-7-17(15)31-23)27-24-25-13-26-28(24)22(20)19-8-5-11-32-19/h3-13,22-23H,1-2H3,(H,25,26,27)/t22-,23+/m0/s1. The Balaban J connectivity index is 1.62. The quantitative estimate of drug-likeness (QED) is 0.482. The van der Waals surface area contributed by atoms with Crippen molar-refractivity contribution >= 4 is 23.0 Å². The number of fused-ring (bicyclic) bond motifs is 3. The molecule has 2 aliphatic heterocycles. The first-order valence-electron chi connectivity index (χ1n) is 10.2. The SMILES string of the molecule is COc1ccc([C@H]2Oc3ccccc3C3=C2[C@H](c2cccs2)n2ncnc2N3)c(OC)c1. The Morgan fingerprint density at radius 1 is 1.06 bits per heavy atom. The molecule has 0 aliphatic carbocycles. The molecular weight excluding hydrogens is 424 g/mol. The van der Waals surface area contributed by atoms with E-state index in [1.54, 1.807) is 31.9 Å². The molecule has 1 N–H and O–H groups in total. The number of aromatic nitrogens is 3. The van der Waals surface area contributed by atoms with Gasteiger partial charge in [-0.1, -0.05) is 18.2 Å². The van der Waals surface area contributed by atoms with Gasteiger partial charge in [0.25, 0.3) is 0 Å². The third-order valence-corrected chi connectivity index (χ3v) is 6.78. The van der Waals surface area contributed by atoms with E-state index in [-0.39, 0.29) is 6.04 Å². The molecule has 0 bridgehead atoms. The summed E-state index contributed by atoms with van der Waals surface area (Å²) in [4.78, 5) is 5.62. The second-order valence-corrected chi connectivity index (χ2v) is 8.48. The van der Waals surface area contributed by atoms with Crippen LogP contribution in [0.5, 0.6) is 17.2 Å². The van der Waals surface area contributed by atoms with Crippen molar-refractivity contribution in [2.75, 3.05) is 19.5 Å². The number of nitrogens with zero attached hydrogens (tertiary/aromatic N) is 3. The van der Waals surface area contributed by atoms with Crippen LogP contribution in [0.15, 0.2) is 71.9 Å². The first-order chi connectivity index (χ1) is 15.8. The highest BCUT2D eigenvalue weighted by Gasteiger charge is 2.42. The van der Waals surface area contributed by atoms with Crippen LogP contribution in [0.25, 0.3) is 5.70 Å². The van der Waals surface area contributed by atoms with Gasteiger partial charge in [-0.2, -0.15) is 10.1 Å². The fourth-order valence-corrected chi connectivity index (χ4v) is 5.26. The van der Waals surface area contributed by atoms with Crippen LogP contribution in [0, 0.1) is 0 Å². The normalized spacial score (nSPS) is 18.7. The van der Waals surface area contributed by atoms with E-state index in [1.165, 1.54) is 0 Å². The van der Waals surface area contributed by atoms with E-state index in [0.717, 1.165) is 38.8 Å². The number of para-hydroxylation sites is 1. The molecule has 4 aromatic rings. The summed E-state index contributed by atoms with van der Waals surface area (Å²) in [5.41, 5.74) is 3.98. The van der Waals surface area contributed by atoms with Gasteiger partial charge in [0.05, 0.1) is 19.9 Å². The van der Waals surface area contributed by atoms with E-state index in [1.807, 2.05) is 41.1 Å². The monoisotopic (exact) mass is 444 g/mol. The molecule has 6 rings (SSSR count). The summed E-state index contributed by atoms with van der Waals surface area (Å²) in [7, 11) is 3.31. The Kier molecular flexibility index (Phi) is 4.39. The molecule has 4 heterocycles. The van der Waals surface area contributed by atoms with Crippen LogP contribution in [-0.4, -0.2) is 29.0 Å². The number of ether oxygens (including phenoxy) is 3. The van der Waals surface area contributed by atoms with Gasteiger partial charge in [0.1, 0.15) is 29.6 Å². The summed E-state index contributed by atoms with van der Waals surface area (Å²) in [6.07, 6.45) is 1.19. The lowest BCUT2D eigenvalue weighted by atomic mass is 9.86. The minimum Gasteiger partial charge on any atom is -0.497 e. The molecule has 0 radical (unpaired) electrons. The number of anilines is 1. The van der Waals surface area contributed by atoms with Crippen molar-refractivity contribution in [3.8, 4) is 17.2 Å². The van der Waals surface area contributed by atoms with E-state index in [0.29, 0.717) is 11.7 Å². The zero-order chi connectivity index (χ0) is 21.7. The van der Waals surface area contributed by atoms with E-state index >= 15 is 0 Å². The van der Waals surface area contributed by atoms with Crippen molar-refractivity contribution in [1.82, 2.24) is 14.8 Å². The molecule has 7 nitrogen and oxygen atoms in total. The van der Waals surface area contributed by atoms with Gasteiger partial charge in [-0.05, 0) is 35.7 Å². The minimum absolute atomic E-state index is 0.158. The summed E-state index contributed by atoms with van der Waals surface area (Å²) in [5.74, 6) is 2.94. The maximum Gasteiger partial charge on any atom is 0.226 e. The smallest absolute Gasteiger partial charge is 0.226 e. The zero-order valence-corrected chi connectivity index (χ0v) is 18.3. The number of methoxy groups -OCH3 is 2. The van der Waals surface area contributed by atoms with Gasteiger partial charge in [0, 0.05) is 27.6 Å². The van der Waals surface area contributed by atoms with Crippen LogP contribution < -0.4 is 19.5 Å². The molecule has 0 unspecified atom stereocenters. The Morgan fingerprint density at radius 3 is 2.78 bits per heavy atom. The van der Waals surface area contributed by atoms with Crippen LogP contribution in [0.1, 0.15) is 28.1 Å². The summed E-state index contributed by atoms with van der Waals surface area (Å²) >= 11 is 1.69. The number of hydrogen-bond donors (Lipinski definition) is 1. The Bertz CT molecular complexity index is 1330. The van der Waals surface area contributed by atoms with Crippen LogP contribution in [-0.2, 0) is 0 Å². The molecule has 32 heavy (non-hydrogen) atoms. The molecule has 0 saturated carbocycles. The van der Waals surface area contributed by atoms with Gasteiger partial charge < -0.3 is 19.5 Å². The van der Waals surface area contributed by atoms with Crippen molar-refractivity contribution in [3.05, 3.63) is 87.9 Å². The summed E-state index contributed by atoms with van der Waals surface area (Å²) in [6, 6.07) is 17.9. The highest BCUT2D eigenvalue weighted by atomic mass is 32.1. The molecule has 8 heteroatoms. The average Bonchev–Trinajstić information content (AvgIpc) is 3.54. The third kappa shape index (κ3) is 2.80. The van der Waals surface area contributed by atoms with E-state index in [4.69, 9.17) is 14.2 Å². The fourth-order valence-electron chi connectivity index (χ4n) is 4.43. The summed E-state index contributed by atoms with van der Waals surface area (Å²) in [6.45, 7) is 0. The van der Waals surface area contributed by atoms with Crippen LogP contribution in [0.2, 0.25) is 0 Å². The molecule has 2 aromatic heterocycles. The van der Waals surface area contributed by atoms with Crippen molar-refractivity contribution in [3.63, 3.8) is 0 Å². The summed E-state index contributed by atoms with van der Waals surface area (Å²) < 4.78 is 19.7. The molecule has 2 aromatic carbocycles. The first kappa shape index (κ1) is 18.9. The molecular formula is C24H20N4O3S. The highest BCUT2D eigenvalue weighted by molar-refractivity contribution is 7.10. The van der Waals surface area contributed by atoms with Crippen LogP contribution in [0.4, 0.5) is 5.95 Å². The fraction of sp³-hybridized carbons (Fsp3) is 0.167. The zero-order valence-electron chi connectivity index (χ0n) is 17.5. The Labute approximate surface area is 188 Å². The lowest BCUT2D eigenvalue weighted by molar-refractivity contribution is 0.218. The van der Waals surface area contributed by atoms with Gasteiger partial charge in [0.2, 0.25) is 5.95 Å². The second kappa shape index (κ2) is 7.42. The molecule has 0 amide bonds. The van der Waals surface area contributed by atoms with Crippen molar-refractivity contribution in [1.29, 1.82) is 0 Å². The molecule has 160 valence electrons. The number of rotatable bonds is 4. The van der Waals surface area contributed by atoms with E-state index < -0.39 is 6.10 Å². The number of hydrogen-bond acceptors (Lipinski definition) is 7. The Morgan fingerprint density at radius 2 is 1.97 bits per heavy atom. The van der Waals surface area contributed by atoms with Crippen molar-refractivity contribution < 1.29 is 14.2 Å². The molecule has 0 saturated heterocycles. The second-order valence-electron chi connectivity index (χ2n) is 7.50. The molecule has 0 spiro atoms. The van der Waals surface area contributed by atoms with E-state index in [2.05, 4.69) is 39.0 Å². The number of nitrogens with one attached hydrogen (secondary N) is 1. The third-order valence-electron chi connectivity index (χ3n) is 5.86. The minimum atomic E-state index is -0.391. The van der Waals surface area contributed by atoms with Crippen LogP contribution in [0.3, 0.4) is 0 Å². The van der Waals surface area contributed by atoms with Gasteiger partial charge in [0.15, 0.2) is 6.10 Å². The van der Waals surface area contributed by atoms with Crippen molar-refractivity contribution in [2.24, 2.45) is 0 Å². The maximum absolute atomic E-state index is 6.65. The predicted octanol–water partition coefficient (Wildman–Crippen LogP) is 4.92. The highest BCUT2D eigenvalue weighted by Crippen LogP contribution is 2.52. The molecule has 0 fully saturated rings. The maximum atomic E-state index is 6.65.